The third-order valence-corrected chi connectivity index (χ3v) is 3.02. The second kappa shape index (κ2) is 5.81. The minimum Gasteiger partial charge on any atom is -0.316 e. The molecule has 0 aliphatic heterocycles. The van der Waals surface area contributed by atoms with Crippen molar-refractivity contribution in [3.63, 3.8) is 0 Å². The van der Waals surface area contributed by atoms with Gasteiger partial charge in [0.25, 0.3) is 0 Å². The number of alkyl halides is 3. The Morgan fingerprint density at radius 2 is 1.71 bits per heavy atom. The maximum Gasteiger partial charge on any atom is 0.419 e. The predicted octanol–water partition coefficient (Wildman–Crippen LogP) is 4.37. The summed E-state index contributed by atoms with van der Waals surface area (Å²) in [4.78, 5) is 0. The highest BCUT2D eigenvalue weighted by atomic mass is 19.4. The first-order valence-corrected chi connectivity index (χ1v) is 6.13. The smallest absolute Gasteiger partial charge is 0.316 e. The topological polar surface area (TPSA) is 12.0 Å². The zero-order valence-electron chi connectivity index (χ0n) is 11.1. The summed E-state index contributed by atoms with van der Waals surface area (Å²) >= 11 is 0. The van der Waals surface area contributed by atoms with Gasteiger partial charge in [-0.05, 0) is 48.0 Å². The monoisotopic (exact) mass is 301 g/mol. The molecule has 112 valence electrons. The van der Waals surface area contributed by atoms with E-state index in [9.17, 15) is 22.0 Å². The molecule has 0 spiro atoms. The Bertz CT molecular complexity index is 649. The Balaban J connectivity index is 2.52. The van der Waals surface area contributed by atoms with Gasteiger partial charge in [0.15, 0.2) is 0 Å². The summed E-state index contributed by atoms with van der Waals surface area (Å²) in [6.45, 7) is 0.387. The van der Waals surface area contributed by atoms with Crippen molar-refractivity contribution >= 4 is 0 Å². The molecule has 0 amide bonds. The Morgan fingerprint density at radius 1 is 1.00 bits per heavy atom. The molecule has 21 heavy (non-hydrogen) atoms. The van der Waals surface area contributed by atoms with Gasteiger partial charge in [0.2, 0.25) is 0 Å². The Hall–Kier alpha value is -1.95. The summed E-state index contributed by atoms with van der Waals surface area (Å²) < 4.78 is 64.6. The largest absolute Gasteiger partial charge is 0.419 e. The van der Waals surface area contributed by atoms with E-state index in [2.05, 4.69) is 5.32 Å². The number of benzene rings is 2. The molecule has 6 heteroatoms. The summed E-state index contributed by atoms with van der Waals surface area (Å²) in [5.74, 6) is -1.91. The molecule has 0 atom stereocenters. The van der Waals surface area contributed by atoms with Gasteiger partial charge in [-0.15, -0.1) is 0 Å². The highest BCUT2D eigenvalue weighted by molar-refractivity contribution is 5.68. The standard InChI is InChI=1S/C15H12F5N/c1-21-8-10-2-4-11(16)7-12(10)9-3-5-13(14(17)6-9)15(18,19)20/h2-7,21H,8H2,1H3. The molecular formula is C15H12F5N. The van der Waals surface area contributed by atoms with Crippen LogP contribution in [0.5, 0.6) is 0 Å². The molecule has 2 aromatic rings. The van der Waals surface area contributed by atoms with Crippen molar-refractivity contribution in [1.82, 2.24) is 5.32 Å². The summed E-state index contributed by atoms with van der Waals surface area (Å²) in [6.07, 6.45) is -4.75. The van der Waals surface area contributed by atoms with Crippen molar-refractivity contribution < 1.29 is 22.0 Å². The zero-order chi connectivity index (χ0) is 15.6. The molecule has 0 unspecified atom stereocenters. The lowest BCUT2D eigenvalue weighted by atomic mass is 9.98. The molecule has 0 heterocycles. The van der Waals surface area contributed by atoms with Crippen molar-refractivity contribution in [2.24, 2.45) is 0 Å². The fourth-order valence-electron chi connectivity index (χ4n) is 2.07. The van der Waals surface area contributed by atoms with Crippen molar-refractivity contribution in [3.05, 3.63) is 59.2 Å². The third-order valence-electron chi connectivity index (χ3n) is 3.02. The fourth-order valence-corrected chi connectivity index (χ4v) is 2.07. The van der Waals surface area contributed by atoms with Gasteiger partial charge in [-0.2, -0.15) is 13.2 Å². The van der Waals surface area contributed by atoms with E-state index in [1.54, 1.807) is 7.05 Å². The van der Waals surface area contributed by atoms with Gasteiger partial charge in [-0.25, -0.2) is 8.78 Å². The first-order valence-electron chi connectivity index (χ1n) is 6.13. The maximum atomic E-state index is 13.6. The normalized spacial score (nSPS) is 11.7. The molecule has 0 aliphatic rings. The first kappa shape index (κ1) is 15.4. The Morgan fingerprint density at radius 3 is 2.29 bits per heavy atom. The van der Waals surface area contributed by atoms with Crippen LogP contribution in [-0.2, 0) is 12.7 Å². The van der Waals surface area contributed by atoms with E-state index in [1.807, 2.05) is 0 Å². The quantitative estimate of drug-likeness (QED) is 0.830. The second-order valence-corrected chi connectivity index (χ2v) is 4.52. The Labute approximate surface area is 118 Å². The number of hydrogen-bond donors (Lipinski definition) is 1. The van der Waals surface area contributed by atoms with E-state index < -0.39 is 23.4 Å². The van der Waals surface area contributed by atoms with Crippen molar-refractivity contribution in [2.75, 3.05) is 7.05 Å². The summed E-state index contributed by atoms with van der Waals surface area (Å²) in [5.41, 5.74) is -0.113. The lowest BCUT2D eigenvalue weighted by Crippen LogP contribution is -2.09. The Kier molecular flexibility index (Phi) is 4.27. The van der Waals surface area contributed by atoms with Gasteiger partial charge in [0.1, 0.15) is 11.6 Å². The number of hydrogen-bond acceptors (Lipinski definition) is 1. The molecular weight excluding hydrogens is 289 g/mol. The van der Waals surface area contributed by atoms with E-state index in [1.165, 1.54) is 18.2 Å². The highest BCUT2D eigenvalue weighted by Crippen LogP contribution is 2.34. The average molecular weight is 301 g/mol. The summed E-state index contributed by atoms with van der Waals surface area (Å²) in [7, 11) is 1.68. The molecule has 0 radical (unpaired) electrons. The van der Waals surface area contributed by atoms with E-state index in [0.717, 1.165) is 12.1 Å². The van der Waals surface area contributed by atoms with Crippen LogP contribution in [0.15, 0.2) is 36.4 Å². The molecule has 1 N–H and O–H groups in total. The molecule has 2 aromatic carbocycles. The third kappa shape index (κ3) is 3.39. The van der Waals surface area contributed by atoms with Gasteiger partial charge in [0.05, 0.1) is 5.56 Å². The molecule has 0 aliphatic carbocycles. The number of rotatable bonds is 3. The molecule has 0 fully saturated rings. The summed E-state index contributed by atoms with van der Waals surface area (Å²) in [5, 5.41) is 2.87. The second-order valence-electron chi connectivity index (χ2n) is 4.52. The fraction of sp³-hybridized carbons (Fsp3) is 0.200. The minimum absolute atomic E-state index is 0.199. The van der Waals surface area contributed by atoms with Crippen LogP contribution in [0.1, 0.15) is 11.1 Å². The number of nitrogens with one attached hydrogen (secondary N) is 1. The molecule has 0 aromatic heterocycles. The van der Waals surface area contributed by atoms with Crippen LogP contribution in [-0.4, -0.2) is 7.05 Å². The van der Waals surface area contributed by atoms with E-state index >= 15 is 0 Å². The van der Waals surface area contributed by atoms with E-state index in [0.29, 0.717) is 23.7 Å². The molecule has 0 saturated carbocycles. The van der Waals surface area contributed by atoms with Gasteiger partial charge in [-0.1, -0.05) is 12.1 Å². The average Bonchev–Trinajstić information content (AvgIpc) is 2.39. The van der Waals surface area contributed by atoms with Gasteiger partial charge >= 0.3 is 6.18 Å². The predicted molar refractivity (Wildman–Crippen MR) is 69.6 cm³/mol. The number of halogens is 5. The van der Waals surface area contributed by atoms with Gasteiger partial charge in [-0.3, -0.25) is 0 Å². The van der Waals surface area contributed by atoms with Crippen LogP contribution in [0.4, 0.5) is 22.0 Å². The van der Waals surface area contributed by atoms with Gasteiger partial charge < -0.3 is 5.32 Å². The zero-order valence-corrected chi connectivity index (χ0v) is 11.1. The van der Waals surface area contributed by atoms with Crippen LogP contribution in [0.25, 0.3) is 11.1 Å². The van der Waals surface area contributed by atoms with Gasteiger partial charge in [0, 0.05) is 6.54 Å². The molecule has 0 bridgehead atoms. The van der Waals surface area contributed by atoms with Crippen LogP contribution in [0, 0.1) is 11.6 Å². The molecule has 1 nitrogen and oxygen atoms in total. The van der Waals surface area contributed by atoms with Crippen molar-refractivity contribution in [3.8, 4) is 11.1 Å². The lowest BCUT2D eigenvalue weighted by molar-refractivity contribution is -0.139. The van der Waals surface area contributed by atoms with Crippen molar-refractivity contribution in [1.29, 1.82) is 0 Å². The first-order chi connectivity index (χ1) is 9.82. The molecule has 2 rings (SSSR count). The SMILES string of the molecule is CNCc1ccc(F)cc1-c1ccc(C(F)(F)F)c(F)c1. The van der Waals surface area contributed by atoms with Crippen LogP contribution >= 0.6 is 0 Å². The minimum atomic E-state index is -4.75. The lowest BCUT2D eigenvalue weighted by Gasteiger charge is -2.12. The van der Waals surface area contributed by atoms with Crippen molar-refractivity contribution in [2.45, 2.75) is 12.7 Å². The van der Waals surface area contributed by atoms with Crippen LogP contribution in [0.3, 0.4) is 0 Å². The van der Waals surface area contributed by atoms with Crippen LogP contribution < -0.4 is 5.32 Å². The summed E-state index contributed by atoms with van der Waals surface area (Å²) in [6, 6.07) is 6.51. The maximum absolute atomic E-state index is 13.6. The molecule has 0 saturated heterocycles. The van der Waals surface area contributed by atoms with E-state index in [4.69, 9.17) is 0 Å². The van der Waals surface area contributed by atoms with E-state index in [-0.39, 0.29) is 5.56 Å². The highest BCUT2D eigenvalue weighted by Gasteiger charge is 2.34. The van der Waals surface area contributed by atoms with Crippen LogP contribution in [0.2, 0.25) is 0 Å².